The molecule has 2 amide bonds. The van der Waals surface area contributed by atoms with Crippen molar-refractivity contribution in [3.8, 4) is 11.1 Å². The average molecular weight is 437 g/mol. The molecule has 168 valence electrons. The molecule has 0 unspecified atom stereocenters. The fraction of sp³-hybridized carbons (Fsp3) is 0.400. The van der Waals surface area contributed by atoms with Crippen LogP contribution in [0.5, 0.6) is 0 Å². The number of hydrogen-bond donors (Lipinski definition) is 2. The quantitative estimate of drug-likeness (QED) is 0.693. The molecule has 2 aromatic carbocycles. The molecule has 0 bridgehead atoms. The molecule has 7 heteroatoms. The van der Waals surface area contributed by atoms with Crippen molar-refractivity contribution in [1.82, 2.24) is 10.2 Å². The Bertz CT molecular complexity index is 985. The van der Waals surface area contributed by atoms with Gasteiger partial charge in [-0.3, -0.25) is 9.59 Å². The van der Waals surface area contributed by atoms with E-state index in [4.69, 9.17) is 9.84 Å². The molecular formula is C25H28N2O5. The molecule has 1 aliphatic heterocycles. The van der Waals surface area contributed by atoms with Crippen molar-refractivity contribution in [2.45, 2.75) is 32.2 Å². The number of carboxylic acid groups (broad SMARTS) is 1. The predicted octanol–water partition coefficient (Wildman–Crippen LogP) is 3.48. The lowest BCUT2D eigenvalue weighted by atomic mass is 9.94. The van der Waals surface area contributed by atoms with Gasteiger partial charge in [-0.25, -0.2) is 4.79 Å². The highest BCUT2D eigenvalue weighted by Crippen LogP contribution is 2.44. The van der Waals surface area contributed by atoms with Gasteiger partial charge in [0, 0.05) is 19.0 Å². The van der Waals surface area contributed by atoms with E-state index in [-0.39, 0.29) is 37.4 Å². The highest BCUT2D eigenvalue weighted by atomic mass is 16.5. The molecule has 2 aliphatic rings. The molecule has 2 atom stereocenters. The fourth-order valence-corrected chi connectivity index (χ4v) is 4.46. The number of aliphatic carboxylic acids is 1. The number of nitrogens with zero attached hydrogens (tertiary/aromatic N) is 1. The number of alkyl carbamates (subject to hydrolysis) is 1. The van der Waals surface area contributed by atoms with Crippen molar-refractivity contribution in [2.24, 2.45) is 11.8 Å². The summed E-state index contributed by atoms with van der Waals surface area (Å²) in [6, 6.07) is 15.5. The fourth-order valence-electron chi connectivity index (χ4n) is 4.46. The Balaban J connectivity index is 1.41. The molecule has 32 heavy (non-hydrogen) atoms. The highest BCUT2D eigenvalue weighted by molar-refractivity contribution is 5.88. The van der Waals surface area contributed by atoms with Gasteiger partial charge in [0.25, 0.3) is 0 Å². The van der Waals surface area contributed by atoms with Crippen LogP contribution in [0.25, 0.3) is 11.1 Å². The number of likely N-dealkylation sites (tertiary alicyclic amines) is 1. The van der Waals surface area contributed by atoms with E-state index in [0.29, 0.717) is 6.42 Å². The van der Waals surface area contributed by atoms with E-state index in [0.717, 1.165) is 22.3 Å². The number of hydrogen-bond acceptors (Lipinski definition) is 4. The molecule has 1 heterocycles. The van der Waals surface area contributed by atoms with E-state index in [1.54, 1.807) is 0 Å². The summed E-state index contributed by atoms with van der Waals surface area (Å²) in [6.07, 6.45) is 0.0526. The number of amides is 2. The first-order valence-corrected chi connectivity index (χ1v) is 11.0. The largest absolute Gasteiger partial charge is 0.481 e. The molecule has 7 nitrogen and oxygen atoms in total. The van der Waals surface area contributed by atoms with Gasteiger partial charge in [-0.05, 0) is 28.2 Å². The molecule has 0 aromatic heterocycles. The van der Waals surface area contributed by atoms with Gasteiger partial charge in [0.05, 0.1) is 5.92 Å². The van der Waals surface area contributed by atoms with Crippen LogP contribution in [0.3, 0.4) is 0 Å². The van der Waals surface area contributed by atoms with Crippen LogP contribution in [0, 0.1) is 11.8 Å². The van der Waals surface area contributed by atoms with Crippen molar-refractivity contribution in [3.63, 3.8) is 0 Å². The Morgan fingerprint density at radius 2 is 1.62 bits per heavy atom. The maximum Gasteiger partial charge on any atom is 0.407 e. The van der Waals surface area contributed by atoms with E-state index in [1.165, 1.54) is 4.90 Å². The summed E-state index contributed by atoms with van der Waals surface area (Å²) in [6.45, 7) is 4.36. The number of carboxylic acids is 1. The van der Waals surface area contributed by atoms with Gasteiger partial charge in [-0.2, -0.15) is 0 Å². The molecule has 0 spiro atoms. The van der Waals surface area contributed by atoms with Gasteiger partial charge in [-0.15, -0.1) is 0 Å². The van der Waals surface area contributed by atoms with Crippen LogP contribution in [0.2, 0.25) is 0 Å². The van der Waals surface area contributed by atoms with E-state index < -0.39 is 24.0 Å². The lowest BCUT2D eigenvalue weighted by Crippen LogP contribution is -2.60. The molecule has 0 saturated carbocycles. The summed E-state index contributed by atoms with van der Waals surface area (Å²) in [4.78, 5) is 38.1. The molecule has 1 aliphatic carbocycles. The summed E-state index contributed by atoms with van der Waals surface area (Å²) in [5.41, 5.74) is 4.54. The number of nitrogens with one attached hydrogen (secondary N) is 1. The lowest BCUT2D eigenvalue weighted by Gasteiger charge is -2.39. The molecule has 4 rings (SSSR count). The van der Waals surface area contributed by atoms with E-state index in [9.17, 15) is 14.4 Å². The van der Waals surface area contributed by atoms with Gasteiger partial charge in [-0.1, -0.05) is 68.8 Å². The lowest BCUT2D eigenvalue weighted by molar-refractivity contribution is -0.154. The maximum atomic E-state index is 12.9. The van der Waals surface area contributed by atoms with E-state index >= 15 is 0 Å². The van der Waals surface area contributed by atoms with Crippen LogP contribution in [0.15, 0.2) is 48.5 Å². The Labute approximate surface area is 187 Å². The van der Waals surface area contributed by atoms with Crippen molar-refractivity contribution in [3.05, 3.63) is 59.7 Å². The van der Waals surface area contributed by atoms with Gasteiger partial charge in [0.2, 0.25) is 5.91 Å². The minimum Gasteiger partial charge on any atom is -0.481 e. The van der Waals surface area contributed by atoms with Gasteiger partial charge >= 0.3 is 12.1 Å². The topological polar surface area (TPSA) is 95.9 Å². The summed E-state index contributed by atoms with van der Waals surface area (Å²) >= 11 is 0. The zero-order valence-electron chi connectivity index (χ0n) is 18.3. The number of carbonyl (C=O) groups is 3. The molecular weight excluding hydrogens is 408 g/mol. The van der Waals surface area contributed by atoms with Crippen molar-refractivity contribution >= 4 is 18.0 Å². The van der Waals surface area contributed by atoms with Crippen molar-refractivity contribution < 1.29 is 24.2 Å². The van der Waals surface area contributed by atoms with Crippen LogP contribution in [0.4, 0.5) is 4.79 Å². The molecule has 2 N–H and O–H groups in total. The van der Waals surface area contributed by atoms with E-state index in [2.05, 4.69) is 29.6 Å². The van der Waals surface area contributed by atoms with Crippen LogP contribution >= 0.6 is 0 Å². The predicted molar refractivity (Wildman–Crippen MR) is 119 cm³/mol. The minimum atomic E-state index is -0.904. The summed E-state index contributed by atoms with van der Waals surface area (Å²) < 4.78 is 5.59. The first-order valence-electron chi connectivity index (χ1n) is 11.0. The van der Waals surface area contributed by atoms with Crippen molar-refractivity contribution in [1.29, 1.82) is 0 Å². The number of fused-ring (bicyclic) bond motifs is 3. The molecule has 2 aromatic rings. The first-order chi connectivity index (χ1) is 15.4. The van der Waals surface area contributed by atoms with Gasteiger partial charge in [0.1, 0.15) is 12.6 Å². The van der Waals surface area contributed by atoms with Crippen LogP contribution in [-0.2, 0) is 14.3 Å². The van der Waals surface area contributed by atoms with Crippen LogP contribution < -0.4 is 5.32 Å². The number of benzene rings is 2. The van der Waals surface area contributed by atoms with Crippen LogP contribution in [-0.4, -0.2) is 53.7 Å². The Hall–Kier alpha value is -3.35. The normalized spacial score (nSPS) is 17.0. The Morgan fingerprint density at radius 3 is 2.16 bits per heavy atom. The molecule has 0 radical (unpaired) electrons. The molecule has 1 fully saturated rings. The highest BCUT2D eigenvalue weighted by Gasteiger charge is 2.40. The number of ether oxygens (including phenoxy) is 1. The number of carbonyl (C=O) groups excluding carboxylic acids is 2. The zero-order valence-corrected chi connectivity index (χ0v) is 18.3. The summed E-state index contributed by atoms with van der Waals surface area (Å²) in [5.74, 6) is -1.86. The first kappa shape index (κ1) is 21.9. The summed E-state index contributed by atoms with van der Waals surface area (Å²) in [5, 5.41) is 11.8. The Morgan fingerprint density at radius 1 is 1.06 bits per heavy atom. The third-order valence-corrected chi connectivity index (χ3v) is 6.64. The summed E-state index contributed by atoms with van der Waals surface area (Å²) in [7, 11) is 0. The van der Waals surface area contributed by atoms with Crippen LogP contribution in [0.1, 0.15) is 37.3 Å². The standard InChI is InChI=1S/C25H28N2O5/c1-3-15(2)22(23(28)27-12-16(13-27)24(29)30)26-25(31)32-14-21-19-10-6-4-8-17(19)18-9-5-7-11-20(18)21/h4-11,15-16,21-22H,3,12-14H2,1-2H3,(H,26,31)(H,29,30)/t15-,22-/m0/s1. The SMILES string of the molecule is CC[C@H](C)[C@H](NC(=O)OCC1c2ccccc2-c2ccccc21)C(=O)N1CC(C(=O)O)C1. The maximum absolute atomic E-state index is 12.9. The number of rotatable bonds is 7. The van der Waals surface area contributed by atoms with Gasteiger partial charge in [0.15, 0.2) is 0 Å². The third kappa shape index (κ3) is 4.07. The van der Waals surface area contributed by atoms with E-state index in [1.807, 2.05) is 38.1 Å². The second kappa shape index (κ2) is 9.02. The Kier molecular flexibility index (Phi) is 6.17. The van der Waals surface area contributed by atoms with Gasteiger partial charge < -0.3 is 20.1 Å². The second-order valence-corrected chi connectivity index (χ2v) is 8.61. The molecule has 1 saturated heterocycles. The van der Waals surface area contributed by atoms with Crippen molar-refractivity contribution in [2.75, 3.05) is 19.7 Å². The zero-order chi connectivity index (χ0) is 22.8. The minimum absolute atomic E-state index is 0.0578. The average Bonchev–Trinajstić information content (AvgIpc) is 3.08. The third-order valence-electron chi connectivity index (χ3n) is 6.64. The second-order valence-electron chi connectivity index (χ2n) is 8.61. The monoisotopic (exact) mass is 436 g/mol. The smallest absolute Gasteiger partial charge is 0.407 e.